The summed E-state index contributed by atoms with van der Waals surface area (Å²) in [5, 5.41) is 10.7. The van der Waals surface area contributed by atoms with E-state index in [0.717, 1.165) is 47.7 Å². The summed E-state index contributed by atoms with van der Waals surface area (Å²) in [5.41, 5.74) is 3.15. The number of rotatable bonds is 3. The van der Waals surface area contributed by atoms with Crippen LogP contribution in [-0.2, 0) is 16.0 Å². The molecule has 0 bridgehead atoms. The lowest BCUT2D eigenvalue weighted by Crippen LogP contribution is -2.46. The van der Waals surface area contributed by atoms with Gasteiger partial charge in [0.1, 0.15) is 6.04 Å². The lowest BCUT2D eigenvalue weighted by Gasteiger charge is -2.33. The zero-order valence-electron chi connectivity index (χ0n) is 14.5. The number of H-pyrrole nitrogens is 1. The number of likely N-dealkylation sites (tertiary alicyclic amines) is 1. The summed E-state index contributed by atoms with van der Waals surface area (Å²) in [5.74, 6) is -0.564. The third-order valence-corrected chi connectivity index (χ3v) is 6.01. The quantitative estimate of drug-likeness (QED) is 0.901. The molecule has 1 saturated carbocycles. The molecule has 2 heterocycles. The van der Waals surface area contributed by atoms with Gasteiger partial charge in [0.05, 0.1) is 6.42 Å². The van der Waals surface area contributed by atoms with Crippen LogP contribution in [0.3, 0.4) is 0 Å². The first-order chi connectivity index (χ1) is 12.1. The monoisotopic (exact) mass is 340 g/mol. The number of aryl methyl sites for hydroxylation is 1. The van der Waals surface area contributed by atoms with Gasteiger partial charge in [-0.2, -0.15) is 0 Å². The van der Waals surface area contributed by atoms with Gasteiger partial charge < -0.3 is 15.0 Å². The molecular formula is C20H24N2O3. The maximum Gasteiger partial charge on any atom is 0.326 e. The smallest absolute Gasteiger partial charge is 0.326 e. The van der Waals surface area contributed by atoms with E-state index in [1.165, 1.54) is 0 Å². The second-order valence-electron chi connectivity index (χ2n) is 7.49. The first kappa shape index (κ1) is 16.2. The van der Waals surface area contributed by atoms with Gasteiger partial charge in [0, 0.05) is 23.1 Å². The highest BCUT2D eigenvalue weighted by Crippen LogP contribution is 2.40. The lowest BCUT2D eigenvalue weighted by molar-refractivity contribution is -0.149. The Bertz CT molecular complexity index is 825. The average molecular weight is 340 g/mol. The van der Waals surface area contributed by atoms with E-state index >= 15 is 0 Å². The summed E-state index contributed by atoms with van der Waals surface area (Å²) in [6, 6.07) is 5.50. The van der Waals surface area contributed by atoms with E-state index < -0.39 is 12.0 Å². The van der Waals surface area contributed by atoms with E-state index in [4.69, 9.17) is 0 Å². The molecule has 1 aliphatic heterocycles. The van der Waals surface area contributed by atoms with Crippen LogP contribution >= 0.6 is 0 Å². The van der Waals surface area contributed by atoms with Crippen molar-refractivity contribution < 1.29 is 14.7 Å². The number of carboxylic acids is 1. The first-order valence-corrected chi connectivity index (χ1v) is 9.16. The number of para-hydroxylation sites is 1. The number of hydrogen-bond donors (Lipinski definition) is 2. The maximum atomic E-state index is 13.1. The van der Waals surface area contributed by atoms with Gasteiger partial charge >= 0.3 is 5.97 Å². The number of carboxylic acid groups (broad SMARTS) is 1. The molecule has 0 spiro atoms. The van der Waals surface area contributed by atoms with E-state index in [2.05, 4.69) is 4.98 Å². The van der Waals surface area contributed by atoms with E-state index in [1.807, 2.05) is 31.3 Å². The third kappa shape index (κ3) is 2.71. The number of nitrogens with zero attached hydrogens (tertiary/aromatic N) is 1. The van der Waals surface area contributed by atoms with Gasteiger partial charge in [0.15, 0.2) is 0 Å². The molecule has 5 nitrogen and oxygen atoms in total. The molecule has 5 heteroatoms. The van der Waals surface area contributed by atoms with Crippen LogP contribution in [0, 0.1) is 12.8 Å². The maximum absolute atomic E-state index is 13.1. The van der Waals surface area contributed by atoms with Gasteiger partial charge in [-0.15, -0.1) is 0 Å². The molecule has 1 saturated heterocycles. The molecule has 2 N–H and O–H groups in total. The van der Waals surface area contributed by atoms with Gasteiger partial charge in [0.2, 0.25) is 5.91 Å². The molecule has 4 rings (SSSR count). The Morgan fingerprint density at radius 1 is 1.28 bits per heavy atom. The number of aromatic amines is 1. The first-order valence-electron chi connectivity index (χ1n) is 9.16. The van der Waals surface area contributed by atoms with Gasteiger partial charge in [-0.25, -0.2) is 4.79 Å². The van der Waals surface area contributed by atoms with Crippen LogP contribution in [0.25, 0.3) is 10.9 Å². The van der Waals surface area contributed by atoms with Gasteiger partial charge in [-0.3, -0.25) is 4.79 Å². The molecular weight excluding hydrogens is 316 g/mol. The minimum absolute atomic E-state index is 0.0517. The number of nitrogens with one attached hydrogen (secondary N) is 1. The number of hydrogen-bond acceptors (Lipinski definition) is 2. The van der Waals surface area contributed by atoms with Crippen molar-refractivity contribution >= 4 is 22.8 Å². The Morgan fingerprint density at radius 3 is 2.88 bits per heavy atom. The molecule has 1 aromatic carbocycles. The summed E-state index contributed by atoms with van der Waals surface area (Å²) in [6.07, 6.45) is 6.98. The summed E-state index contributed by atoms with van der Waals surface area (Å²) in [7, 11) is 0. The Morgan fingerprint density at radius 2 is 2.08 bits per heavy atom. The highest BCUT2D eigenvalue weighted by molar-refractivity contribution is 5.92. The largest absolute Gasteiger partial charge is 0.480 e. The van der Waals surface area contributed by atoms with Crippen molar-refractivity contribution in [3.05, 3.63) is 35.5 Å². The normalized spacial score (nSPS) is 26.0. The topological polar surface area (TPSA) is 73.4 Å². The summed E-state index contributed by atoms with van der Waals surface area (Å²) < 4.78 is 0. The van der Waals surface area contributed by atoms with Gasteiger partial charge in [-0.1, -0.05) is 31.0 Å². The fourth-order valence-electron chi connectivity index (χ4n) is 4.80. The molecule has 3 unspecified atom stereocenters. The standard InChI is InChI=1S/C20H24N2O3/c1-12-5-4-7-15-14(11-21-19(12)15)10-18(23)22-16-8-3-2-6-13(16)9-17(22)20(24)25/h4-5,7,11,13,16-17,21H,2-3,6,8-10H2,1H3,(H,24,25). The number of aromatic nitrogens is 1. The zero-order valence-corrected chi connectivity index (χ0v) is 14.5. The number of carbonyl (C=O) groups excluding carboxylic acids is 1. The van der Waals surface area contributed by atoms with Crippen LogP contribution in [0.1, 0.15) is 43.2 Å². The molecule has 25 heavy (non-hydrogen) atoms. The number of carbonyl (C=O) groups is 2. The van der Waals surface area contributed by atoms with Crippen molar-refractivity contribution in [1.82, 2.24) is 9.88 Å². The summed E-state index contributed by atoms with van der Waals surface area (Å²) >= 11 is 0. The molecule has 2 fully saturated rings. The van der Waals surface area contributed by atoms with Crippen molar-refractivity contribution in [3.63, 3.8) is 0 Å². The Balaban J connectivity index is 1.62. The highest BCUT2D eigenvalue weighted by Gasteiger charge is 2.47. The predicted molar refractivity (Wildman–Crippen MR) is 95.4 cm³/mol. The zero-order chi connectivity index (χ0) is 17.6. The fourth-order valence-corrected chi connectivity index (χ4v) is 4.80. The van der Waals surface area contributed by atoms with Crippen LogP contribution in [-0.4, -0.2) is 39.0 Å². The molecule has 0 radical (unpaired) electrons. The van der Waals surface area contributed by atoms with E-state index in [9.17, 15) is 14.7 Å². The van der Waals surface area contributed by atoms with Crippen molar-refractivity contribution in [1.29, 1.82) is 0 Å². The molecule has 3 atom stereocenters. The average Bonchev–Trinajstić information content (AvgIpc) is 3.17. The molecule has 132 valence electrons. The van der Waals surface area contributed by atoms with E-state index in [1.54, 1.807) is 4.90 Å². The fraction of sp³-hybridized carbons (Fsp3) is 0.500. The van der Waals surface area contributed by atoms with Gasteiger partial charge in [-0.05, 0) is 43.2 Å². The van der Waals surface area contributed by atoms with Crippen molar-refractivity contribution in [2.24, 2.45) is 5.92 Å². The van der Waals surface area contributed by atoms with Crippen molar-refractivity contribution in [3.8, 4) is 0 Å². The van der Waals surface area contributed by atoms with Crippen LogP contribution < -0.4 is 0 Å². The molecule has 2 aliphatic rings. The third-order valence-electron chi connectivity index (χ3n) is 6.01. The van der Waals surface area contributed by atoms with Crippen LogP contribution in [0.2, 0.25) is 0 Å². The number of benzene rings is 1. The number of fused-ring (bicyclic) bond motifs is 2. The van der Waals surface area contributed by atoms with Crippen LogP contribution in [0.15, 0.2) is 24.4 Å². The predicted octanol–water partition coefficient (Wildman–Crippen LogP) is 3.26. The minimum Gasteiger partial charge on any atom is -0.480 e. The van der Waals surface area contributed by atoms with Crippen LogP contribution in [0.4, 0.5) is 0 Å². The minimum atomic E-state index is -0.863. The number of aliphatic carboxylic acids is 1. The Hall–Kier alpha value is -2.30. The lowest BCUT2D eigenvalue weighted by atomic mass is 9.84. The summed E-state index contributed by atoms with van der Waals surface area (Å²) in [4.78, 5) is 29.7. The molecule has 1 aromatic heterocycles. The SMILES string of the molecule is Cc1cccc2c(CC(=O)N3C(C(=O)O)CC4CCCCC43)c[nH]c12. The molecule has 1 amide bonds. The molecule has 2 aromatic rings. The van der Waals surface area contributed by atoms with Crippen molar-refractivity contribution in [2.75, 3.05) is 0 Å². The second-order valence-corrected chi connectivity index (χ2v) is 7.49. The summed E-state index contributed by atoms with van der Waals surface area (Å²) in [6.45, 7) is 2.04. The van der Waals surface area contributed by atoms with Gasteiger partial charge in [0.25, 0.3) is 0 Å². The van der Waals surface area contributed by atoms with E-state index in [0.29, 0.717) is 12.3 Å². The van der Waals surface area contributed by atoms with Crippen molar-refractivity contribution in [2.45, 2.75) is 57.5 Å². The number of amides is 1. The second kappa shape index (κ2) is 6.21. The highest BCUT2D eigenvalue weighted by atomic mass is 16.4. The van der Waals surface area contributed by atoms with Crippen LogP contribution in [0.5, 0.6) is 0 Å². The van der Waals surface area contributed by atoms with E-state index in [-0.39, 0.29) is 18.4 Å². The Kier molecular flexibility index (Phi) is 4.02. The Labute approximate surface area is 147 Å². The molecule has 1 aliphatic carbocycles.